The second-order valence-electron chi connectivity index (χ2n) is 4.55. The van der Waals surface area contributed by atoms with E-state index in [9.17, 15) is 14.7 Å². The van der Waals surface area contributed by atoms with Gasteiger partial charge in [0.1, 0.15) is 6.04 Å². The summed E-state index contributed by atoms with van der Waals surface area (Å²) in [4.78, 5) is 23.0. The molecule has 1 aromatic carbocycles. The number of hydrogen-bond acceptors (Lipinski definition) is 3. The van der Waals surface area contributed by atoms with Crippen molar-refractivity contribution in [3.63, 3.8) is 0 Å². The summed E-state index contributed by atoms with van der Waals surface area (Å²) in [7, 11) is 1.72. The monoisotopic (exact) mass is 288 g/mol. The largest absolute Gasteiger partial charge is 0.480 e. The predicted molar refractivity (Wildman–Crippen MR) is 76.9 cm³/mol. The van der Waals surface area contributed by atoms with Crippen LogP contribution in [0, 0.1) is 0 Å². The van der Waals surface area contributed by atoms with Gasteiger partial charge < -0.3 is 10.4 Å². The third-order valence-electron chi connectivity index (χ3n) is 2.84. The van der Waals surface area contributed by atoms with Crippen LogP contribution in [-0.4, -0.2) is 32.9 Å². The zero-order valence-corrected chi connectivity index (χ0v) is 11.5. The summed E-state index contributed by atoms with van der Waals surface area (Å²) in [6.45, 7) is 0. The van der Waals surface area contributed by atoms with Crippen molar-refractivity contribution in [1.29, 1.82) is 0 Å². The SMILES string of the molecule is Cn1ccc(NC(=O)N[C@@H](Cc2ccccc2)C(=O)O)n1. The van der Waals surface area contributed by atoms with E-state index >= 15 is 0 Å². The molecule has 0 saturated carbocycles. The Bertz CT molecular complexity index is 624. The quantitative estimate of drug-likeness (QED) is 0.771. The minimum atomic E-state index is -1.09. The molecular weight excluding hydrogens is 272 g/mol. The molecule has 1 atom stereocenters. The van der Waals surface area contributed by atoms with Crippen LogP contribution in [0.5, 0.6) is 0 Å². The van der Waals surface area contributed by atoms with E-state index in [4.69, 9.17) is 0 Å². The Morgan fingerprint density at radius 2 is 2.00 bits per heavy atom. The Labute approximate surface area is 121 Å². The van der Waals surface area contributed by atoms with Crippen LogP contribution in [-0.2, 0) is 18.3 Å². The van der Waals surface area contributed by atoms with Crippen LogP contribution in [0.3, 0.4) is 0 Å². The third-order valence-corrected chi connectivity index (χ3v) is 2.84. The van der Waals surface area contributed by atoms with Crippen LogP contribution in [0.25, 0.3) is 0 Å². The van der Waals surface area contributed by atoms with E-state index in [-0.39, 0.29) is 6.42 Å². The highest BCUT2D eigenvalue weighted by Gasteiger charge is 2.20. The molecule has 0 aliphatic heterocycles. The highest BCUT2D eigenvalue weighted by atomic mass is 16.4. The summed E-state index contributed by atoms with van der Waals surface area (Å²) < 4.78 is 1.54. The maximum absolute atomic E-state index is 11.8. The van der Waals surface area contributed by atoms with Crippen LogP contribution < -0.4 is 10.6 Å². The highest BCUT2D eigenvalue weighted by Crippen LogP contribution is 2.05. The Morgan fingerprint density at radius 3 is 2.57 bits per heavy atom. The van der Waals surface area contributed by atoms with Gasteiger partial charge in [-0.15, -0.1) is 0 Å². The molecule has 2 aromatic rings. The number of hydrogen-bond donors (Lipinski definition) is 3. The van der Waals surface area contributed by atoms with Crippen molar-refractivity contribution in [2.24, 2.45) is 7.05 Å². The minimum Gasteiger partial charge on any atom is -0.480 e. The van der Waals surface area contributed by atoms with E-state index in [0.29, 0.717) is 5.82 Å². The van der Waals surface area contributed by atoms with Crippen LogP contribution in [0.15, 0.2) is 42.6 Å². The van der Waals surface area contributed by atoms with Gasteiger partial charge in [-0.1, -0.05) is 30.3 Å². The number of nitrogens with one attached hydrogen (secondary N) is 2. The summed E-state index contributed by atoms with van der Waals surface area (Å²) in [6, 6.07) is 9.13. The molecule has 0 fully saturated rings. The van der Waals surface area contributed by atoms with Gasteiger partial charge in [-0.3, -0.25) is 10.00 Å². The van der Waals surface area contributed by atoms with Crippen molar-refractivity contribution in [3.8, 4) is 0 Å². The van der Waals surface area contributed by atoms with Gasteiger partial charge in [0.15, 0.2) is 5.82 Å². The molecule has 0 aliphatic carbocycles. The van der Waals surface area contributed by atoms with Crippen LogP contribution in [0.2, 0.25) is 0 Å². The van der Waals surface area contributed by atoms with E-state index in [1.165, 1.54) is 4.68 Å². The fraction of sp³-hybridized carbons (Fsp3) is 0.214. The fourth-order valence-electron chi connectivity index (χ4n) is 1.84. The van der Waals surface area contributed by atoms with Gasteiger partial charge in [-0.05, 0) is 5.56 Å². The van der Waals surface area contributed by atoms with Gasteiger partial charge in [-0.2, -0.15) is 5.10 Å². The summed E-state index contributed by atoms with van der Waals surface area (Å²) in [5.41, 5.74) is 0.836. The Morgan fingerprint density at radius 1 is 1.29 bits per heavy atom. The maximum atomic E-state index is 11.8. The lowest BCUT2D eigenvalue weighted by atomic mass is 10.1. The maximum Gasteiger partial charge on any atom is 0.326 e. The molecule has 0 unspecified atom stereocenters. The lowest BCUT2D eigenvalue weighted by Gasteiger charge is -2.14. The van der Waals surface area contributed by atoms with E-state index in [0.717, 1.165) is 5.56 Å². The standard InChI is InChI=1S/C14H16N4O3/c1-18-8-7-12(17-18)16-14(21)15-11(13(19)20)9-10-5-3-2-4-6-10/h2-8,11H,9H2,1H3,(H,19,20)(H2,15,16,17,21)/t11-/m0/s1. The molecule has 110 valence electrons. The second-order valence-corrected chi connectivity index (χ2v) is 4.55. The molecule has 0 aliphatic rings. The van der Waals surface area contributed by atoms with Crippen molar-refractivity contribution < 1.29 is 14.7 Å². The number of aliphatic carboxylic acids is 1. The van der Waals surface area contributed by atoms with Crippen molar-refractivity contribution >= 4 is 17.8 Å². The zero-order chi connectivity index (χ0) is 15.2. The average Bonchev–Trinajstić information content (AvgIpc) is 2.84. The lowest BCUT2D eigenvalue weighted by Crippen LogP contribution is -2.44. The first-order valence-corrected chi connectivity index (χ1v) is 6.38. The topological polar surface area (TPSA) is 96.2 Å². The van der Waals surface area contributed by atoms with E-state index < -0.39 is 18.0 Å². The van der Waals surface area contributed by atoms with Crippen LogP contribution in [0.1, 0.15) is 5.56 Å². The van der Waals surface area contributed by atoms with Gasteiger partial charge in [0.05, 0.1) is 0 Å². The Kier molecular flexibility index (Phi) is 4.55. The Hall–Kier alpha value is -2.83. The lowest BCUT2D eigenvalue weighted by molar-refractivity contribution is -0.139. The summed E-state index contributed by atoms with van der Waals surface area (Å²) >= 11 is 0. The molecule has 1 heterocycles. The molecule has 21 heavy (non-hydrogen) atoms. The first kappa shape index (κ1) is 14.6. The Balaban J connectivity index is 1.96. The first-order chi connectivity index (χ1) is 10.0. The predicted octanol–water partition coefficient (Wildman–Crippen LogP) is 1.24. The fourth-order valence-corrected chi connectivity index (χ4v) is 1.84. The zero-order valence-electron chi connectivity index (χ0n) is 11.5. The molecule has 7 heteroatoms. The molecular formula is C14H16N4O3. The van der Waals surface area contributed by atoms with E-state index in [1.54, 1.807) is 19.3 Å². The van der Waals surface area contributed by atoms with E-state index in [2.05, 4.69) is 15.7 Å². The summed E-state index contributed by atoms with van der Waals surface area (Å²) in [5.74, 6) is -0.728. The van der Waals surface area contributed by atoms with Crippen LogP contribution in [0.4, 0.5) is 10.6 Å². The van der Waals surface area contributed by atoms with Crippen molar-refractivity contribution in [2.45, 2.75) is 12.5 Å². The number of rotatable bonds is 5. The number of anilines is 1. The molecule has 2 rings (SSSR count). The number of urea groups is 1. The smallest absolute Gasteiger partial charge is 0.326 e. The molecule has 3 N–H and O–H groups in total. The number of carboxylic acids is 1. The van der Waals surface area contributed by atoms with Gasteiger partial charge >= 0.3 is 12.0 Å². The van der Waals surface area contributed by atoms with E-state index in [1.807, 2.05) is 30.3 Å². The van der Waals surface area contributed by atoms with Gasteiger partial charge in [0.2, 0.25) is 0 Å². The van der Waals surface area contributed by atoms with Crippen molar-refractivity contribution in [3.05, 3.63) is 48.2 Å². The number of nitrogens with zero attached hydrogens (tertiary/aromatic N) is 2. The second kappa shape index (κ2) is 6.56. The number of carbonyl (C=O) groups excluding carboxylic acids is 1. The molecule has 7 nitrogen and oxygen atoms in total. The molecule has 1 aromatic heterocycles. The van der Waals surface area contributed by atoms with Gasteiger partial charge in [0.25, 0.3) is 0 Å². The average molecular weight is 288 g/mol. The number of aromatic nitrogens is 2. The first-order valence-electron chi connectivity index (χ1n) is 6.38. The number of benzene rings is 1. The third kappa shape index (κ3) is 4.34. The van der Waals surface area contributed by atoms with Crippen molar-refractivity contribution in [1.82, 2.24) is 15.1 Å². The van der Waals surface area contributed by atoms with Gasteiger partial charge in [-0.25, -0.2) is 9.59 Å². The number of carbonyl (C=O) groups is 2. The molecule has 2 amide bonds. The molecule has 0 saturated heterocycles. The summed E-state index contributed by atoms with van der Waals surface area (Å²) in [6.07, 6.45) is 1.89. The number of carboxylic acid groups (broad SMARTS) is 1. The molecule has 0 radical (unpaired) electrons. The molecule has 0 bridgehead atoms. The van der Waals surface area contributed by atoms with Gasteiger partial charge in [0, 0.05) is 25.7 Å². The minimum absolute atomic E-state index is 0.214. The molecule has 0 spiro atoms. The van der Waals surface area contributed by atoms with Crippen LogP contribution >= 0.6 is 0 Å². The number of aryl methyl sites for hydroxylation is 1. The van der Waals surface area contributed by atoms with Crippen molar-refractivity contribution in [2.75, 3.05) is 5.32 Å². The summed E-state index contributed by atoms with van der Waals surface area (Å²) in [5, 5.41) is 18.1. The highest BCUT2D eigenvalue weighted by molar-refractivity contribution is 5.91. The number of amides is 2. The normalized spacial score (nSPS) is 11.7.